The summed E-state index contributed by atoms with van der Waals surface area (Å²) in [4.78, 5) is 33.2. The lowest BCUT2D eigenvalue weighted by Crippen LogP contribution is -2.44. The van der Waals surface area contributed by atoms with Crippen LogP contribution in [0, 0.1) is 10.1 Å². The lowest BCUT2D eigenvalue weighted by Gasteiger charge is -2.31. The van der Waals surface area contributed by atoms with Gasteiger partial charge in [-0.05, 0) is 37.4 Å². The first-order valence-electron chi connectivity index (χ1n) is 9.80. The molecule has 0 aliphatic carbocycles. The summed E-state index contributed by atoms with van der Waals surface area (Å²) in [5, 5.41) is 15.6. The number of piperazine rings is 1. The van der Waals surface area contributed by atoms with Crippen molar-refractivity contribution >= 4 is 65.4 Å². The van der Waals surface area contributed by atoms with Crippen LogP contribution in [-0.4, -0.2) is 53.9 Å². The maximum absolute atomic E-state index is 12.8. The first kappa shape index (κ1) is 19.9. The van der Waals surface area contributed by atoms with Crippen molar-refractivity contribution in [3.63, 3.8) is 0 Å². The van der Waals surface area contributed by atoms with Gasteiger partial charge < -0.3 is 15.1 Å². The van der Waals surface area contributed by atoms with E-state index in [9.17, 15) is 14.9 Å². The van der Waals surface area contributed by atoms with Gasteiger partial charge in [-0.1, -0.05) is 11.3 Å². The number of amides is 1. The van der Waals surface area contributed by atoms with E-state index in [0.29, 0.717) is 16.0 Å². The second kappa shape index (κ2) is 7.88. The van der Waals surface area contributed by atoms with E-state index in [-0.39, 0.29) is 11.6 Å². The second-order valence-electron chi connectivity index (χ2n) is 7.51. The Morgan fingerprint density at radius 2 is 1.87 bits per heavy atom. The second-order valence-corrected chi connectivity index (χ2v) is 9.61. The number of benzene rings is 2. The SMILES string of the molecule is CN1CCN(c2nc3ccc(NC(=O)c4cc5cc([N+](=O)[O-])ccc5s4)cc3s2)CC1. The van der Waals surface area contributed by atoms with Gasteiger partial charge in [-0.3, -0.25) is 14.9 Å². The van der Waals surface area contributed by atoms with Gasteiger partial charge in [-0.25, -0.2) is 4.98 Å². The van der Waals surface area contributed by atoms with Crippen LogP contribution in [0.3, 0.4) is 0 Å². The molecule has 0 bridgehead atoms. The van der Waals surface area contributed by atoms with Crippen LogP contribution in [0.15, 0.2) is 42.5 Å². The quantitative estimate of drug-likeness (QED) is 0.363. The number of hydrogen-bond acceptors (Lipinski definition) is 8. The highest BCUT2D eigenvalue weighted by Gasteiger charge is 2.18. The Hall–Kier alpha value is -3.08. The van der Waals surface area contributed by atoms with E-state index < -0.39 is 4.92 Å². The Morgan fingerprint density at radius 3 is 2.65 bits per heavy atom. The molecular formula is C21H19N5O3S2. The van der Waals surface area contributed by atoms with E-state index in [2.05, 4.69) is 22.2 Å². The summed E-state index contributed by atoms with van der Waals surface area (Å²) in [6, 6.07) is 12.0. The van der Waals surface area contributed by atoms with Crippen molar-refractivity contribution in [2.45, 2.75) is 0 Å². The number of carbonyl (C=O) groups excluding carboxylic acids is 1. The molecule has 1 N–H and O–H groups in total. The minimum absolute atomic E-state index is 0.0176. The summed E-state index contributed by atoms with van der Waals surface area (Å²) in [5.41, 5.74) is 1.64. The zero-order valence-corrected chi connectivity index (χ0v) is 18.3. The minimum Gasteiger partial charge on any atom is -0.345 e. The first-order chi connectivity index (χ1) is 15.0. The normalized spacial score (nSPS) is 14.9. The predicted molar refractivity (Wildman–Crippen MR) is 126 cm³/mol. The number of thiazole rings is 1. The fraction of sp³-hybridized carbons (Fsp3) is 0.238. The van der Waals surface area contributed by atoms with Crippen LogP contribution < -0.4 is 10.2 Å². The smallest absolute Gasteiger partial charge is 0.270 e. The molecule has 0 unspecified atom stereocenters. The lowest BCUT2D eigenvalue weighted by atomic mass is 10.2. The third-order valence-corrected chi connectivity index (χ3v) is 7.54. The first-order valence-corrected chi connectivity index (χ1v) is 11.4. The fourth-order valence-corrected chi connectivity index (χ4v) is 5.57. The van der Waals surface area contributed by atoms with Crippen molar-refractivity contribution < 1.29 is 9.72 Å². The number of likely N-dealkylation sites (N-methyl/N-ethyl adjacent to an activating group) is 1. The van der Waals surface area contributed by atoms with Gasteiger partial charge in [-0.2, -0.15) is 0 Å². The molecule has 5 rings (SSSR count). The van der Waals surface area contributed by atoms with Crippen LogP contribution >= 0.6 is 22.7 Å². The Morgan fingerprint density at radius 1 is 1.06 bits per heavy atom. The van der Waals surface area contributed by atoms with Gasteiger partial charge in [0.25, 0.3) is 11.6 Å². The van der Waals surface area contributed by atoms with Crippen molar-refractivity contribution in [1.29, 1.82) is 0 Å². The standard InChI is InChI=1S/C21H19N5O3S2/c1-24-6-8-25(9-7-24)21-23-16-4-2-14(12-18(16)31-21)22-20(27)19-11-13-10-15(26(28)29)3-5-17(13)30-19/h2-5,10-12H,6-9H2,1H3,(H,22,27). The molecule has 1 fully saturated rings. The number of nitro groups is 1. The number of aromatic nitrogens is 1. The number of nitro benzene ring substituents is 1. The summed E-state index contributed by atoms with van der Waals surface area (Å²) in [7, 11) is 2.13. The molecule has 31 heavy (non-hydrogen) atoms. The highest BCUT2D eigenvalue weighted by Crippen LogP contribution is 2.32. The van der Waals surface area contributed by atoms with Gasteiger partial charge in [0.05, 0.1) is 20.0 Å². The molecule has 1 aliphatic heterocycles. The van der Waals surface area contributed by atoms with Crippen LogP contribution in [-0.2, 0) is 0 Å². The zero-order valence-electron chi connectivity index (χ0n) is 16.7. The van der Waals surface area contributed by atoms with Gasteiger partial charge in [0.1, 0.15) is 0 Å². The van der Waals surface area contributed by atoms with Crippen molar-refractivity contribution in [2.75, 3.05) is 43.4 Å². The molecule has 0 spiro atoms. The van der Waals surface area contributed by atoms with Gasteiger partial charge in [-0.15, -0.1) is 11.3 Å². The van der Waals surface area contributed by atoms with E-state index in [1.54, 1.807) is 23.5 Å². The summed E-state index contributed by atoms with van der Waals surface area (Å²) in [5.74, 6) is -0.230. The molecule has 10 heteroatoms. The van der Waals surface area contributed by atoms with Crippen LogP contribution in [0.5, 0.6) is 0 Å². The van der Waals surface area contributed by atoms with Crippen molar-refractivity contribution in [2.24, 2.45) is 0 Å². The molecule has 158 valence electrons. The molecule has 2 aromatic carbocycles. The number of nitrogens with zero attached hydrogens (tertiary/aromatic N) is 4. The topological polar surface area (TPSA) is 91.6 Å². The van der Waals surface area contributed by atoms with E-state index in [4.69, 9.17) is 4.98 Å². The zero-order chi connectivity index (χ0) is 21.5. The highest BCUT2D eigenvalue weighted by atomic mass is 32.1. The molecule has 3 heterocycles. The largest absolute Gasteiger partial charge is 0.345 e. The number of hydrogen-bond donors (Lipinski definition) is 1. The molecule has 8 nitrogen and oxygen atoms in total. The van der Waals surface area contributed by atoms with Crippen LogP contribution in [0.25, 0.3) is 20.3 Å². The minimum atomic E-state index is -0.433. The van der Waals surface area contributed by atoms with Crippen LogP contribution in [0.2, 0.25) is 0 Å². The molecule has 1 amide bonds. The highest BCUT2D eigenvalue weighted by molar-refractivity contribution is 7.22. The number of thiophene rings is 1. The number of rotatable bonds is 4. The number of carbonyl (C=O) groups is 1. The Balaban J connectivity index is 1.35. The third kappa shape index (κ3) is 3.97. The Labute approximate surface area is 185 Å². The van der Waals surface area contributed by atoms with Crippen molar-refractivity contribution in [3.05, 3.63) is 57.5 Å². The van der Waals surface area contributed by atoms with Crippen LogP contribution in [0.4, 0.5) is 16.5 Å². The van der Waals surface area contributed by atoms with Gasteiger partial charge in [0, 0.05) is 54.1 Å². The van der Waals surface area contributed by atoms with Crippen molar-refractivity contribution in [3.8, 4) is 0 Å². The predicted octanol–water partition coefficient (Wildman–Crippen LogP) is 4.42. The summed E-state index contributed by atoms with van der Waals surface area (Å²) in [6.07, 6.45) is 0. The van der Waals surface area contributed by atoms with E-state index in [1.807, 2.05) is 18.2 Å². The molecule has 1 aliphatic rings. The molecular weight excluding hydrogens is 434 g/mol. The monoisotopic (exact) mass is 453 g/mol. The number of non-ortho nitro benzene ring substituents is 1. The number of fused-ring (bicyclic) bond motifs is 2. The lowest BCUT2D eigenvalue weighted by molar-refractivity contribution is -0.384. The van der Waals surface area contributed by atoms with Gasteiger partial charge in [0.15, 0.2) is 5.13 Å². The summed E-state index contributed by atoms with van der Waals surface area (Å²) < 4.78 is 1.86. The maximum atomic E-state index is 12.8. The summed E-state index contributed by atoms with van der Waals surface area (Å²) >= 11 is 2.95. The Bertz CT molecular complexity index is 1310. The van der Waals surface area contributed by atoms with E-state index in [1.165, 1.54) is 23.5 Å². The Kier molecular flexibility index (Phi) is 5.05. The molecule has 0 atom stereocenters. The molecule has 2 aromatic heterocycles. The van der Waals surface area contributed by atoms with Crippen LogP contribution in [0.1, 0.15) is 9.67 Å². The fourth-order valence-electron chi connectivity index (χ4n) is 3.57. The van der Waals surface area contributed by atoms with E-state index in [0.717, 1.165) is 46.2 Å². The summed E-state index contributed by atoms with van der Waals surface area (Å²) in [6.45, 7) is 3.97. The average molecular weight is 454 g/mol. The van der Waals surface area contributed by atoms with Crippen molar-refractivity contribution in [1.82, 2.24) is 9.88 Å². The molecule has 1 saturated heterocycles. The third-order valence-electron chi connectivity index (χ3n) is 5.34. The molecule has 0 saturated carbocycles. The van der Waals surface area contributed by atoms with E-state index >= 15 is 0 Å². The maximum Gasteiger partial charge on any atom is 0.270 e. The average Bonchev–Trinajstić information content (AvgIpc) is 3.37. The number of nitrogens with one attached hydrogen (secondary N) is 1. The van der Waals surface area contributed by atoms with Gasteiger partial charge >= 0.3 is 0 Å². The molecule has 4 aromatic rings. The van der Waals surface area contributed by atoms with Gasteiger partial charge in [0.2, 0.25) is 0 Å². The molecule has 0 radical (unpaired) electrons. The number of anilines is 2.